The second-order valence-corrected chi connectivity index (χ2v) is 7.84. The molecule has 0 spiro atoms. The standard InChI is InChI=1S/C21H26B2N2O6.CH3NO/c1-13(24-20(26)16-6-4-15(5-7-16)11-30-22(3)28)14(2)25-21(27)17-8-9-18-12-31-23(29)19(18)10-17;2-1-3/h4-10,13-14,28-29H,11-12H2,1-3H3,(H,24,26)(H,25,27);1H,(H2,2,3). The summed E-state index contributed by atoms with van der Waals surface area (Å²) in [6.07, 6.45) is 0.250. The Kier molecular flexibility index (Phi) is 10.3. The minimum atomic E-state index is -1.01. The van der Waals surface area contributed by atoms with Gasteiger partial charge in [0.25, 0.3) is 11.8 Å². The van der Waals surface area contributed by atoms with Crippen molar-refractivity contribution in [2.45, 2.75) is 46.0 Å². The van der Waals surface area contributed by atoms with Crippen LogP contribution in [0.4, 0.5) is 0 Å². The predicted octanol–water partition coefficient (Wildman–Crippen LogP) is -0.430. The lowest BCUT2D eigenvalue weighted by Crippen LogP contribution is -2.48. The molecule has 1 aliphatic heterocycles. The molecule has 2 aromatic rings. The third-order valence-electron chi connectivity index (χ3n) is 5.25. The number of hydrogen-bond donors (Lipinski definition) is 5. The molecule has 10 nitrogen and oxygen atoms in total. The van der Waals surface area contributed by atoms with E-state index in [9.17, 15) is 14.6 Å². The molecule has 34 heavy (non-hydrogen) atoms. The van der Waals surface area contributed by atoms with Gasteiger partial charge in [-0.2, -0.15) is 0 Å². The summed E-state index contributed by atoms with van der Waals surface area (Å²) in [5.41, 5.74) is 7.38. The van der Waals surface area contributed by atoms with E-state index in [1.54, 1.807) is 42.5 Å². The molecule has 0 fully saturated rings. The second-order valence-electron chi connectivity index (χ2n) is 7.84. The molecule has 1 heterocycles. The van der Waals surface area contributed by atoms with Crippen LogP contribution in [0.2, 0.25) is 6.82 Å². The Hall–Kier alpha value is -3.18. The van der Waals surface area contributed by atoms with Gasteiger partial charge in [-0.1, -0.05) is 18.2 Å². The predicted molar refractivity (Wildman–Crippen MR) is 128 cm³/mol. The van der Waals surface area contributed by atoms with Gasteiger partial charge in [0.15, 0.2) is 0 Å². The Labute approximate surface area is 199 Å². The zero-order chi connectivity index (χ0) is 25.3. The van der Waals surface area contributed by atoms with E-state index in [-0.39, 0.29) is 36.9 Å². The summed E-state index contributed by atoms with van der Waals surface area (Å²) in [5, 5.41) is 24.7. The highest BCUT2D eigenvalue weighted by Crippen LogP contribution is 2.12. The van der Waals surface area contributed by atoms with Crippen molar-refractivity contribution in [2.75, 3.05) is 0 Å². The minimum absolute atomic E-state index is 0.250. The summed E-state index contributed by atoms with van der Waals surface area (Å²) >= 11 is 0. The molecule has 2 unspecified atom stereocenters. The summed E-state index contributed by atoms with van der Waals surface area (Å²) in [7, 11) is -1.86. The summed E-state index contributed by atoms with van der Waals surface area (Å²) in [4.78, 5) is 33.7. The highest BCUT2D eigenvalue weighted by Gasteiger charge is 2.28. The molecule has 0 bridgehead atoms. The first-order valence-electron chi connectivity index (χ1n) is 10.7. The van der Waals surface area contributed by atoms with Crippen LogP contribution in [-0.4, -0.2) is 54.6 Å². The van der Waals surface area contributed by atoms with Crippen molar-refractivity contribution in [2.24, 2.45) is 5.73 Å². The van der Waals surface area contributed by atoms with Crippen molar-refractivity contribution in [1.29, 1.82) is 0 Å². The third kappa shape index (κ3) is 7.70. The van der Waals surface area contributed by atoms with Gasteiger partial charge >= 0.3 is 14.2 Å². The fourth-order valence-electron chi connectivity index (χ4n) is 3.16. The first-order valence-corrected chi connectivity index (χ1v) is 10.7. The van der Waals surface area contributed by atoms with E-state index in [0.717, 1.165) is 11.1 Å². The maximum atomic E-state index is 12.6. The van der Waals surface area contributed by atoms with Crippen LogP contribution >= 0.6 is 0 Å². The average Bonchev–Trinajstić information content (AvgIpc) is 3.18. The molecule has 2 aromatic carbocycles. The molecule has 0 aromatic heterocycles. The topological polar surface area (TPSA) is 160 Å². The van der Waals surface area contributed by atoms with Crippen molar-refractivity contribution in [3.8, 4) is 0 Å². The Bertz CT molecular complexity index is 989. The zero-order valence-corrected chi connectivity index (χ0v) is 19.4. The van der Waals surface area contributed by atoms with Crippen LogP contribution in [0.5, 0.6) is 0 Å². The first kappa shape index (κ1) is 27.1. The number of carbonyl (C=O) groups is 3. The zero-order valence-electron chi connectivity index (χ0n) is 19.4. The van der Waals surface area contributed by atoms with Crippen LogP contribution in [0, 0.1) is 0 Å². The number of amides is 3. The monoisotopic (exact) mass is 469 g/mol. The molecule has 0 saturated carbocycles. The van der Waals surface area contributed by atoms with Gasteiger partial charge in [-0.25, -0.2) is 0 Å². The van der Waals surface area contributed by atoms with Gasteiger partial charge in [-0.15, -0.1) is 0 Å². The molecule has 12 heteroatoms. The number of nitrogens with one attached hydrogen (secondary N) is 2. The average molecular weight is 469 g/mol. The van der Waals surface area contributed by atoms with E-state index in [0.29, 0.717) is 23.2 Å². The molecule has 3 rings (SSSR count). The van der Waals surface area contributed by atoms with Gasteiger partial charge in [-0.3, -0.25) is 14.4 Å². The van der Waals surface area contributed by atoms with Crippen molar-refractivity contribution < 1.29 is 33.7 Å². The molecule has 0 aliphatic carbocycles. The number of fused-ring (bicyclic) bond motifs is 1. The molecule has 6 N–H and O–H groups in total. The van der Waals surface area contributed by atoms with Crippen LogP contribution in [0.1, 0.15) is 45.7 Å². The van der Waals surface area contributed by atoms with Crippen LogP contribution in [0.15, 0.2) is 42.5 Å². The van der Waals surface area contributed by atoms with Crippen LogP contribution in [0.3, 0.4) is 0 Å². The minimum Gasteiger partial charge on any atom is -0.427 e. The van der Waals surface area contributed by atoms with E-state index in [1.807, 2.05) is 13.8 Å². The quantitative estimate of drug-likeness (QED) is 0.259. The lowest BCUT2D eigenvalue weighted by Gasteiger charge is -2.23. The van der Waals surface area contributed by atoms with E-state index >= 15 is 0 Å². The summed E-state index contributed by atoms with van der Waals surface area (Å²) in [5.74, 6) is -0.549. The molecule has 1 aliphatic rings. The third-order valence-corrected chi connectivity index (χ3v) is 5.25. The lowest BCUT2D eigenvalue weighted by atomic mass is 9.79. The molecule has 0 saturated heterocycles. The van der Waals surface area contributed by atoms with Gasteiger partial charge in [0, 0.05) is 23.2 Å². The second kappa shape index (κ2) is 12.9. The van der Waals surface area contributed by atoms with E-state index in [4.69, 9.17) is 19.1 Å². The van der Waals surface area contributed by atoms with Crippen LogP contribution in [-0.2, 0) is 27.3 Å². The van der Waals surface area contributed by atoms with Gasteiger partial charge in [0.1, 0.15) is 0 Å². The fraction of sp³-hybridized carbons (Fsp3) is 0.318. The smallest absolute Gasteiger partial charge is 0.427 e. The number of rotatable bonds is 8. The summed E-state index contributed by atoms with van der Waals surface area (Å²) < 4.78 is 10.3. The van der Waals surface area contributed by atoms with E-state index in [2.05, 4.69) is 16.4 Å². The van der Waals surface area contributed by atoms with E-state index < -0.39 is 14.2 Å². The maximum Gasteiger partial charge on any atom is 0.491 e. The van der Waals surface area contributed by atoms with Crippen LogP contribution in [0.25, 0.3) is 0 Å². The Morgan fingerprint density at radius 3 is 2.24 bits per heavy atom. The van der Waals surface area contributed by atoms with Gasteiger partial charge in [-0.05, 0) is 61.5 Å². The molecular weight excluding hydrogens is 440 g/mol. The van der Waals surface area contributed by atoms with Gasteiger partial charge in [0.05, 0.1) is 13.2 Å². The highest BCUT2D eigenvalue weighted by atomic mass is 16.5. The Morgan fingerprint density at radius 1 is 1.15 bits per heavy atom. The molecule has 2 atom stereocenters. The van der Waals surface area contributed by atoms with Crippen molar-refractivity contribution in [3.63, 3.8) is 0 Å². The number of primary amides is 1. The number of carbonyl (C=O) groups excluding carboxylic acids is 3. The van der Waals surface area contributed by atoms with Gasteiger partial charge in [0.2, 0.25) is 6.41 Å². The Morgan fingerprint density at radius 2 is 1.68 bits per heavy atom. The highest BCUT2D eigenvalue weighted by molar-refractivity contribution is 6.61. The fourth-order valence-corrected chi connectivity index (χ4v) is 3.16. The maximum absolute atomic E-state index is 12.6. The van der Waals surface area contributed by atoms with Crippen molar-refractivity contribution in [1.82, 2.24) is 10.6 Å². The summed E-state index contributed by atoms with van der Waals surface area (Å²) in [6, 6.07) is 11.3. The summed E-state index contributed by atoms with van der Waals surface area (Å²) in [6.45, 7) is 5.74. The lowest BCUT2D eigenvalue weighted by molar-refractivity contribution is -0.106. The SMILES string of the molecule is CB(O)OCc1ccc(C(=O)NC(C)C(C)NC(=O)c2ccc3c(c2)B(O)OC3)cc1.NC=O. The largest absolute Gasteiger partial charge is 0.491 e. The number of nitrogens with two attached hydrogens (primary N) is 1. The molecule has 0 radical (unpaired) electrons. The van der Waals surface area contributed by atoms with Gasteiger partial charge < -0.3 is 35.7 Å². The first-order chi connectivity index (χ1) is 16.2. The molecular formula is C22H29B2N3O7. The molecule has 180 valence electrons. The normalized spacial score (nSPS) is 13.6. The van der Waals surface area contributed by atoms with E-state index in [1.165, 1.54) is 6.82 Å². The Balaban J connectivity index is 0.00000129. The molecule has 3 amide bonds. The number of hydrogen-bond acceptors (Lipinski definition) is 7. The van der Waals surface area contributed by atoms with Crippen LogP contribution < -0.4 is 21.8 Å². The van der Waals surface area contributed by atoms with Crippen molar-refractivity contribution in [3.05, 3.63) is 64.7 Å². The van der Waals surface area contributed by atoms with Crippen molar-refractivity contribution >= 4 is 37.9 Å². The number of benzene rings is 2.